The van der Waals surface area contributed by atoms with Crippen LogP contribution in [0, 0.1) is 0 Å². The topological polar surface area (TPSA) is 32.9 Å². The van der Waals surface area contributed by atoms with Crippen LogP contribution in [-0.2, 0) is 0 Å². The number of rotatable bonds is 2. The average molecular weight is 201 g/mol. The van der Waals surface area contributed by atoms with E-state index < -0.39 is 0 Å². The van der Waals surface area contributed by atoms with E-state index in [-0.39, 0.29) is 5.78 Å². The molecule has 78 valence electrons. The molecule has 0 saturated heterocycles. The maximum atomic E-state index is 11.5. The Morgan fingerprint density at radius 3 is 2.67 bits per heavy atom. The van der Waals surface area contributed by atoms with Gasteiger partial charge in [-0.25, -0.2) is 0 Å². The van der Waals surface area contributed by atoms with Gasteiger partial charge < -0.3 is 4.98 Å². The van der Waals surface area contributed by atoms with Crippen molar-refractivity contribution in [2.75, 3.05) is 0 Å². The molecule has 0 amide bonds. The van der Waals surface area contributed by atoms with Crippen LogP contribution in [0.4, 0.5) is 0 Å². The van der Waals surface area contributed by atoms with Gasteiger partial charge in [-0.3, -0.25) is 4.79 Å². The summed E-state index contributed by atoms with van der Waals surface area (Å²) in [5.74, 6) is 0.553. The standard InChI is InChI=1S/C13H15NO/c1-8(2)10-5-4-6-12-13(10)11(7-14-12)9(3)15/h4-8,14H,1-3H3. The minimum Gasteiger partial charge on any atom is -0.360 e. The minimum absolute atomic E-state index is 0.120. The smallest absolute Gasteiger partial charge is 0.161 e. The van der Waals surface area contributed by atoms with Crippen molar-refractivity contribution in [3.8, 4) is 0 Å². The van der Waals surface area contributed by atoms with Crippen LogP contribution < -0.4 is 0 Å². The molecule has 2 rings (SSSR count). The molecule has 0 radical (unpaired) electrons. The lowest BCUT2D eigenvalue weighted by Gasteiger charge is -2.08. The van der Waals surface area contributed by atoms with E-state index in [0.717, 1.165) is 16.5 Å². The predicted molar refractivity (Wildman–Crippen MR) is 62.4 cm³/mol. The maximum Gasteiger partial charge on any atom is 0.161 e. The summed E-state index contributed by atoms with van der Waals surface area (Å²) in [5.41, 5.74) is 3.08. The Kier molecular flexibility index (Phi) is 2.35. The van der Waals surface area contributed by atoms with Crippen molar-refractivity contribution in [2.24, 2.45) is 0 Å². The summed E-state index contributed by atoms with van der Waals surface area (Å²) >= 11 is 0. The monoisotopic (exact) mass is 201 g/mol. The van der Waals surface area contributed by atoms with Crippen molar-refractivity contribution < 1.29 is 4.79 Å². The molecule has 0 unspecified atom stereocenters. The number of ketones is 1. The Labute approximate surface area is 89.3 Å². The number of fused-ring (bicyclic) bond motifs is 1. The maximum absolute atomic E-state index is 11.5. The normalized spacial score (nSPS) is 11.2. The number of aromatic amines is 1. The molecule has 0 atom stereocenters. The van der Waals surface area contributed by atoms with Crippen molar-refractivity contribution >= 4 is 16.7 Å². The van der Waals surface area contributed by atoms with E-state index in [9.17, 15) is 4.79 Å². The van der Waals surface area contributed by atoms with Crippen LogP contribution in [0.15, 0.2) is 24.4 Å². The fourth-order valence-corrected chi connectivity index (χ4v) is 1.97. The van der Waals surface area contributed by atoms with Gasteiger partial charge in [0, 0.05) is 22.7 Å². The number of Topliss-reactive ketones (excluding diaryl/α,β-unsaturated/α-hetero) is 1. The van der Waals surface area contributed by atoms with Gasteiger partial charge in [-0.05, 0) is 24.5 Å². The fraction of sp³-hybridized carbons (Fsp3) is 0.308. The molecule has 2 aromatic rings. The van der Waals surface area contributed by atoms with E-state index >= 15 is 0 Å². The van der Waals surface area contributed by atoms with Crippen LogP contribution in [0.2, 0.25) is 0 Å². The van der Waals surface area contributed by atoms with Gasteiger partial charge in [0.1, 0.15) is 0 Å². The molecular weight excluding hydrogens is 186 g/mol. The zero-order valence-electron chi connectivity index (χ0n) is 9.29. The van der Waals surface area contributed by atoms with E-state index in [2.05, 4.69) is 24.9 Å². The zero-order valence-corrected chi connectivity index (χ0v) is 9.29. The number of hydrogen-bond acceptors (Lipinski definition) is 1. The molecule has 0 saturated carbocycles. The predicted octanol–water partition coefficient (Wildman–Crippen LogP) is 3.49. The molecule has 0 aliphatic heterocycles. The quantitative estimate of drug-likeness (QED) is 0.741. The molecule has 2 heteroatoms. The highest BCUT2D eigenvalue weighted by Gasteiger charge is 2.13. The van der Waals surface area contributed by atoms with Crippen molar-refractivity contribution in [3.63, 3.8) is 0 Å². The van der Waals surface area contributed by atoms with Gasteiger partial charge in [0.2, 0.25) is 0 Å². The van der Waals surface area contributed by atoms with Gasteiger partial charge in [-0.2, -0.15) is 0 Å². The first-order chi connectivity index (χ1) is 7.11. The molecule has 0 spiro atoms. The highest BCUT2D eigenvalue weighted by Crippen LogP contribution is 2.28. The Balaban J connectivity index is 2.80. The lowest BCUT2D eigenvalue weighted by Crippen LogP contribution is -1.94. The largest absolute Gasteiger partial charge is 0.360 e. The summed E-state index contributed by atoms with van der Waals surface area (Å²) in [5, 5.41) is 1.08. The molecule has 0 aliphatic carbocycles. The van der Waals surface area contributed by atoms with Gasteiger partial charge in [-0.1, -0.05) is 26.0 Å². The van der Waals surface area contributed by atoms with Gasteiger partial charge in [0.05, 0.1) is 0 Å². The fourth-order valence-electron chi connectivity index (χ4n) is 1.97. The second-order valence-electron chi connectivity index (χ2n) is 4.18. The van der Waals surface area contributed by atoms with E-state index in [0.29, 0.717) is 5.92 Å². The third-order valence-electron chi connectivity index (χ3n) is 2.74. The number of benzene rings is 1. The van der Waals surface area contributed by atoms with Crippen molar-refractivity contribution in [2.45, 2.75) is 26.7 Å². The molecule has 2 nitrogen and oxygen atoms in total. The highest BCUT2D eigenvalue weighted by atomic mass is 16.1. The first-order valence-corrected chi connectivity index (χ1v) is 5.22. The van der Waals surface area contributed by atoms with E-state index in [1.165, 1.54) is 5.56 Å². The third-order valence-corrected chi connectivity index (χ3v) is 2.74. The average Bonchev–Trinajstić information content (AvgIpc) is 2.60. The van der Waals surface area contributed by atoms with Crippen LogP contribution in [0.5, 0.6) is 0 Å². The summed E-state index contributed by atoms with van der Waals surface area (Å²) < 4.78 is 0. The lowest BCUT2D eigenvalue weighted by atomic mass is 9.96. The van der Waals surface area contributed by atoms with Crippen LogP contribution in [-0.4, -0.2) is 10.8 Å². The van der Waals surface area contributed by atoms with E-state index in [1.807, 2.05) is 12.1 Å². The van der Waals surface area contributed by atoms with Crippen LogP contribution >= 0.6 is 0 Å². The molecular formula is C13H15NO. The SMILES string of the molecule is CC(=O)c1c[nH]c2cccc(C(C)C)c12. The Bertz CT molecular complexity index is 508. The van der Waals surface area contributed by atoms with Crippen molar-refractivity contribution in [1.82, 2.24) is 4.98 Å². The molecule has 1 aromatic carbocycles. The first-order valence-electron chi connectivity index (χ1n) is 5.22. The summed E-state index contributed by atoms with van der Waals surface area (Å²) in [6, 6.07) is 6.12. The minimum atomic E-state index is 0.120. The number of H-pyrrole nitrogens is 1. The van der Waals surface area contributed by atoms with Crippen molar-refractivity contribution in [3.05, 3.63) is 35.5 Å². The number of aromatic nitrogens is 1. The molecule has 1 N–H and O–H groups in total. The highest BCUT2D eigenvalue weighted by molar-refractivity contribution is 6.08. The zero-order chi connectivity index (χ0) is 11.0. The molecule has 0 fully saturated rings. The van der Waals surface area contributed by atoms with Crippen LogP contribution in [0.3, 0.4) is 0 Å². The Morgan fingerprint density at radius 1 is 1.33 bits per heavy atom. The van der Waals surface area contributed by atoms with Gasteiger partial charge in [0.15, 0.2) is 5.78 Å². The number of nitrogens with one attached hydrogen (secondary N) is 1. The molecule has 15 heavy (non-hydrogen) atoms. The van der Waals surface area contributed by atoms with Crippen molar-refractivity contribution in [1.29, 1.82) is 0 Å². The summed E-state index contributed by atoms with van der Waals surface area (Å²) in [4.78, 5) is 14.6. The van der Waals surface area contributed by atoms with Gasteiger partial charge >= 0.3 is 0 Å². The Hall–Kier alpha value is -1.57. The molecule has 1 aromatic heterocycles. The molecule has 0 bridgehead atoms. The van der Waals surface area contributed by atoms with Gasteiger partial charge in [0.25, 0.3) is 0 Å². The number of carbonyl (C=O) groups is 1. The van der Waals surface area contributed by atoms with E-state index in [4.69, 9.17) is 0 Å². The first kappa shape index (κ1) is 9.97. The molecule has 0 aliphatic rings. The summed E-state index contributed by atoms with van der Waals surface area (Å²) in [6.07, 6.45) is 1.80. The molecule has 1 heterocycles. The summed E-state index contributed by atoms with van der Waals surface area (Å²) in [6.45, 7) is 5.90. The van der Waals surface area contributed by atoms with Crippen LogP contribution in [0.1, 0.15) is 42.6 Å². The van der Waals surface area contributed by atoms with Crippen LogP contribution in [0.25, 0.3) is 10.9 Å². The van der Waals surface area contributed by atoms with E-state index in [1.54, 1.807) is 13.1 Å². The Morgan fingerprint density at radius 2 is 2.07 bits per heavy atom. The third kappa shape index (κ3) is 1.56. The second-order valence-corrected chi connectivity index (χ2v) is 4.18. The van der Waals surface area contributed by atoms with Gasteiger partial charge in [-0.15, -0.1) is 0 Å². The lowest BCUT2D eigenvalue weighted by molar-refractivity contribution is 0.101. The second kappa shape index (κ2) is 3.54. The summed E-state index contributed by atoms with van der Waals surface area (Å²) in [7, 11) is 0. The number of carbonyl (C=O) groups excluding carboxylic acids is 1. The number of hydrogen-bond donors (Lipinski definition) is 1.